The highest BCUT2D eigenvalue weighted by atomic mass is 35.5. The number of hydrogen-bond donors (Lipinski definition) is 1. The van der Waals surface area contributed by atoms with E-state index in [9.17, 15) is 4.79 Å². The van der Waals surface area contributed by atoms with Gasteiger partial charge in [-0.05, 0) is 90.6 Å². The van der Waals surface area contributed by atoms with Crippen molar-refractivity contribution in [3.8, 4) is 0 Å². The molecule has 2 heterocycles. The maximum Gasteiger partial charge on any atom is 0.288 e. The molecule has 5 rings (SSSR count). The van der Waals surface area contributed by atoms with Gasteiger partial charge in [0.2, 0.25) is 0 Å². The van der Waals surface area contributed by atoms with Gasteiger partial charge in [0.15, 0.2) is 6.10 Å². The first-order valence-corrected chi connectivity index (χ1v) is 17.1. The van der Waals surface area contributed by atoms with E-state index in [0.717, 1.165) is 69.2 Å². The molecule has 4 aliphatic rings. The molecular weight excluding hydrogens is 568 g/mol. The fourth-order valence-corrected chi connectivity index (χ4v) is 5.44. The molecule has 7 heteroatoms. The fourth-order valence-electron chi connectivity index (χ4n) is 5.19. The highest BCUT2D eigenvalue weighted by molar-refractivity contribution is 6.29. The third kappa shape index (κ3) is 13.7. The second kappa shape index (κ2) is 20.6. The SMILES string of the molecule is C=C1CCC1.CCCCCCC=O.CNCC1=CCCC(Cl)=C1.C[C@@H]1CN(C2=NC(C)(C)C(c3ccccc3)O2)CCN1C. The van der Waals surface area contributed by atoms with Gasteiger partial charge in [0.1, 0.15) is 11.8 Å². The second-order valence-electron chi connectivity index (χ2n) is 12.8. The maximum absolute atomic E-state index is 9.77. The number of benzene rings is 1. The maximum atomic E-state index is 9.77. The predicted octanol–water partition coefficient (Wildman–Crippen LogP) is 8.46. The number of ether oxygens (including phenoxy) is 1. The lowest BCUT2D eigenvalue weighted by Gasteiger charge is -2.38. The Morgan fingerprint density at radius 3 is 2.39 bits per heavy atom. The molecule has 0 radical (unpaired) electrons. The molecule has 0 amide bonds. The van der Waals surface area contributed by atoms with Crippen LogP contribution in [0.15, 0.2) is 70.2 Å². The third-order valence-electron chi connectivity index (χ3n) is 8.33. The predicted molar refractivity (Wildman–Crippen MR) is 188 cm³/mol. The van der Waals surface area contributed by atoms with Gasteiger partial charge in [-0.25, -0.2) is 4.99 Å². The van der Waals surface area contributed by atoms with Crippen molar-refractivity contribution in [1.29, 1.82) is 0 Å². The number of carbonyl (C=O) groups is 1. The first-order valence-electron chi connectivity index (χ1n) is 16.7. The van der Waals surface area contributed by atoms with Crippen LogP contribution in [0.25, 0.3) is 0 Å². The van der Waals surface area contributed by atoms with E-state index in [1.807, 2.05) is 19.2 Å². The molecule has 1 aromatic carbocycles. The number of amidine groups is 1. The van der Waals surface area contributed by atoms with Gasteiger partial charge in [-0.1, -0.05) is 86.3 Å². The summed E-state index contributed by atoms with van der Waals surface area (Å²) in [5, 5.41) is 4.07. The van der Waals surface area contributed by atoms with Crippen molar-refractivity contribution in [2.75, 3.05) is 40.3 Å². The zero-order chi connectivity index (χ0) is 32.4. The number of aldehydes is 1. The molecule has 2 atom stereocenters. The molecule has 2 aliphatic heterocycles. The highest BCUT2D eigenvalue weighted by Crippen LogP contribution is 2.38. The third-order valence-corrected chi connectivity index (χ3v) is 8.63. The van der Waals surface area contributed by atoms with Crippen LogP contribution < -0.4 is 5.32 Å². The lowest BCUT2D eigenvalue weighted by atomic mass is 9.93. The van der Waals surface area contributed by atoms with Crippen LogP contribution in [-0.4, -0.2) is 74.0 Å². The standard InChI is InChI=1S/C17H25N3O.C8H12ClN.C7H14O.C5H8/c1-13-12-20(11-10-19(13)4)16-18-17(2,3)15(21-16)14-8-6-5-7-9-14;1-10-6-7-3-2-4-8(9)5-7;1-2-3-4-5-6-7-8;1-5-3-2-4-5/h5-9,13,15H,10-12H2,1-4H3;3,5,10H,2,4,6H2,1H3;7H,2-6H2,1H3;1-4H2/t13-,15?;;;/m1.../s1. The Balaban J connectivity index is 0.000000243. The molecule has 1 unspecified atom stereocenters. The molecule has 1 N–H and O–H groups in total. The van der Waals surface area contributed by atoms with Gasteiger partial charge in [-0.2, -0.15) is 0 Å². The van der Waals surface area contributed by atoms with E-state index in [1.165, 1.54) is 55.2 Å². The molecule has 2 aliphatic carbocycles. The van der Waals surface area contributed by atoms with Crippen LogP contribution in [0, 0.1) is 0 Å². The molecule has 1 saturated heterocycles. The average Bonchev–Trinajstić information content (AvgIpc) is 3.32. The Morgan fingerprint density at radius 1 is 1.14 bits per heavy atom. The fraction of sp³-hybridized carbons (Fsp3) is 0.622. The Kier molecular flexibility index (Phi) is 17.7. The Morgan fingerprint density at radius 2 is 1.84 bits per heavy atom. The second-order valence-corrected chi connectivity index (χ2v) is 13.3. The molecule has 6 nitrogen and oxygen atoms in total. The molecule has 246 valence electrons. The number of halogens is 1. The van der Waals surface area contributed by atoms with E-state index in [-0.39, 0.29) is 11.6 Å². The van der Waals surface area contributed by atoms with E-state index < -0.39 is 0 Å². The van der Waals surface area contributed by atoms with Gasteiger partial charge >= 0.3 is 0 Å². The molecular formula is C37H59ClN4O2. The lowest BCUT2D eigenvalue weighted by molar-refractivity contribution is -0.107. The molecule has 0 aromatic heterocycles. The summed E-state index contributed by atoms with van der Waals surface area (Å²) < 4.78 is 6.24. The summed E-state index contributed by atoms with van der Waals surface area (Å²) in [6, 6.07) is 11.7. The van der Waals surface area contributed by atoms with E-state index in [1.54, 1.807) is 0 Å². The molecule has 1 saturated carbocycles. The number of carbonyl (C=O) groups excluding carboxylic acids is 1. The lowest BCUT2D eigenvalue weighted by Crippen LogP contribution is -2.52. The van der Waals surface area contributed by atoms with Crippen molar-refractivity contribution in [2.45, 2.75) is 110 Å². The van der Waals surface area contributed by atoms with Crippen molar-refractivity contribution >= 4 is 23.9 Å². The quantitative estimate of drug-likeness (QED) is 0.178. The smallest absolute Gasteiger partial charge is 0.288 e. The van der Waals surface area contributed by atoms with Gasteiger partial charge in [0.25, 0.3) is 6.02 Å². The molecule has 44 heavy (non-hydrogen) atoms. The number of nitrogens with zero attached hydrogens (tertiary/aromatic N) is 3. The van der Waals surface area contributed by atoms with Crippen molar-refractivity contribution in [3.63, 3.8) is 0 Å². The summed E-state index contributed by atoms with van der Waals surface area (Å²) in [5.41, 5.74) is 3.72. The number of nitrogens with one attached hydrogen (secondary N) is 1. The van der Waals surface area contributed by atoms with Gasteiger partial charge in [0.05, 0.1) is 0 Å². The summed E-state index contributed by atoms with van der Waals surface area (Å²) in [6.45, 7) is 16.4. The number of allylic oxidation sites excluding steroid dienone is 3. The summed E-state index contributed by atoms with van der Waals surface area (Å²) in [4.78, 5) is 19.3. The summed E-state index contributed by atoms with van der Waals surface area (Å²) in [5.74, 6) is 0. The highest BCUT2D eigenvalue weighted by Gasteiger charge is 2.41. The van der Waals surface area contributed by atoms with Crippen molar-refractivity contribution in [1.82, 2.24) is 15.1 Å². The van der Waals surface area contributed by atoms with Crippen LogP contribution in [0.5, 0.6) is 0 Å². The van der Waals surface area contributed by atoms with Gasteiger partial charge in [-0.3, -0.25) is 0 Å². The van der Waals surface area contributed by atoms with Crippen molar-refractivity contribution < 1.29 is 9.53 Å². The number of aliphatic imine (C=N–C) groups is 1. The largest absolute Gasteiger partial charge is 0.454 e. The van der Waals surface area contributed by atoms with Gasteiger partial charge in [0, 0.05) is 43.7 Å². The number of rotatable bonds is 8. The number of likely N-dealkylation sites (N-methyl/N-ethyl adjacent to an activating group) is 2. The van der Waals surface area contributed by atoms with Crippen LogP contribution in [0.3, 0.4) is 0 Å². The Labute approximate surface area is 273 Å². The van der Waals surface area contributed by atoms with E-state index in [2.05, 4.69) is 86.8 Å². The van der Waals surface area contributed by atoms with Crippen LogP contribution >= 0.6 is 11.6 Å². The topological polar surface area (TPSA) is 57.2 Å². The van der Waals surface area contributed by atoms with Gasteiger partial charge in [-0.15, -0.1) is 0 Å². The Hall–Kier alpha value is -2.41. The molecule has 1 aromatic rings. The van der Waals surface area contributed by atoms with Crippen LogP contribution in [0.4, 0.5) is 0 Å². The normalized spacial score (nSPS) is 22.2. The van der Waals surface area contributed by atoms with E-state index in [4.69, 9.17) is 21.3 Å². The zero-order valence-electron chi connectivity index (χ0n) is 28.4. The van der Waals surface area contributed by atoms with E-state index in [0.29, 0.717) is 6.04 Å². The first kappa shape index (κ1) is 37.8. The van der Waals surface area contributed by atoms with E-state index >= 15 is 0 Å². The molecule has 0 spiro atoms. The van der Waals surface area contributed by atoms with Crippen LogP contribution in [0.1, 0.15) is 104 Å². The van der Waals surface area contributed by atoms with Crippen molar-refractivity contribution in [3.05, 3.63) is 70.8 Å². The molecule has 2 fully saturated rings. The Bertz CT molecular complexity index is 1080. The zero-order valence-corrected chi connectivity index (χ0v) is 29.2. The summed E-state index contributed by atoms with van der Waals surface area (Å²) >= 11 is 5.84. The monoisotopic (exact) mass is 626 g/mol. The minimum atomic E-state index is -0.219. The average molecular weight is 627 g/mol. The van der Waals surface area contributed by atoms with Crippen LogP contribution in [-0.2, 0) is 9.53 Å². The number of piperazine rings is 1. The van der Waals surface area contributed by atoms with Crippen LogP contribution in [0.2, 0.25) is 0 Å². The van der Waals surface area contributed by atoms with Gasteiger partial charge < -0.3 is 24.6 Å². The van der Waals surface area contributed by atoms with Crippen molar-refractivity contribution in [2.24, 2.45) is 4.99 Å². The summed E-state index contributed by atoms with van der Waals surface area (Å²) in [6.07, 6.45) is 16.9. The molecule has 0 bridgehead atoms. The summed E-state index contributed by atoms with van der Waals surface area (Å²) in [7, 11) is 4.12. The minimum absolute atomic E-state index is 0.00339. The number of unbranched alkanes of at least 4 members (excludes halogenated alkanes) is 4. The number of hydrogen-bond acceptors (Lipinski definition) is 6. The minimum Gasteiger partial charge on any atom is -0.454 e. The first-order chi connectivity index (χ1) is 21.1.